The van der Waals surface area contributed by atoms with Crippen LogP contribution in [0.4, 0.5) is 0 Å². The van der Waals surface area contributed by atoms with Crippen molar-refractivity contribution in [2.24, 2.45) is 0 Å². The highest BCUT2D eigenvalue weighted by Crippen LogP contribution is 2.31. The van der Waals surface area contributed by atoms with Gasteiger partial charge in [-0.15, -0.1) is 0 Å². The summed E-state index contributed by atoms with van der Waals surface area (Å²) in [7, 11) is -2.17. The first-order chi connectivity index (χ1) is 19.0. The molecule has 5 rings (SSSR count). The summed E-state index contributed by atoms with van der Waals surface area (Å²) in [5.74, 6) is 0.194. The van der Waals surface area contributed by atoms with Crippen molar-refractivity contribution in [3.63, 3.8) is 0 Å². The molecule has 0 saturated carbocycles. The van der Waals surface area contributed by atoms with Crippen molar-refractivity contribution in [1.82, 2.24) is 14.1 Å². The first kappa shape index (κ1) is 27.4. The Morgan fingerprint density at radius 2 is 1.31 bits per heavy atom. The second-order valence-corrected chi connectivity index (χ2v) is 12.2. The van der Waals surface area contributed by atoms with Gasteiger partial charge >= 0.3 is 0 Å². The molecule has 2 aliphatic heterocycles. The van der Waals surface area contributed by atoms with Gasteiger partial charge in [-0.25, -0.2) is 8.42 Å². The molecule has 8 heteroatoms. The molecule has 3 aromatic rings. The van der Waals surface area contributed by atoms with Crippen molar-refractivity contribution in [3.8, 4) is 5.75 Å². The van der Waals surface area contributed by atoms with Crippen LogP contribution in [0.5, 0.6) is 5.75 Å². The van der Waals surface area contributed by atoms with Gasteiger partial charge in [-0.05, 0) is 42.2 Å². The zero-order valence-electron chi connectivity index (χ0n) is 22.5. The van der Waals surface area contributed by atoms with Gasteiger partial charge in [0.25, 0.3) is 5.91 Å². The van der Waals surface area contributed by atoms with Crippen molar-refractivity contribution in [1.29, 1.82) is 0 Å². The Morgan fingerprint density at radius 3 is 1.85 bits per heavy atom. The third-order valence-corrected chi connectivity index (χ3v) is 9.70. The molecule has 0 bridgehead atoms. The molecule has 2 heterocycles. The number of amides is 1. The quantitative estimate of drug-likeness (QED) is 0.425. The topological polar surface area (TPSA) is 70.2 Å². The molecule has 1 amide bonds. The lowest BCUT2D eigenvalue weighted by Gasteiger charge is -2.40. The summed E-state index contributed by atoms with van der Waals surface area (Å²) >= 11 is 0. The van der Waals surface area contributed by atoms with E-state index in [1.54, 1.807) is 16.4 Å². The van der Waals surface area contributed by atoms with E-state index >= 15 is 0 Å². The monoisotopic (exact) mass is 547 g/mol. The number of hydrogen-bond donors (Lipinski definition) is 0. The number of methoxy groups -OCH3 is 1. The Balaban J connectivity index is 1.35. The first-order valence-electron chi connectivity index (χ1n) is 13.8. The molecule has 7 nitrogen and oxygen atoms in total. The lowest BCUT2D eigenvalue weighted by Crippen LogP contribution is -2.50. The van der Waals surface area contributed by atoms with Crippen LogP contribution in [0, 0.1) is 0 Å². The van der Waals surface area contributed by atoms with Crippen molar-refractivity contribution in [3.05, 3.63) is 95.6 Å². The molecule has 0 aromatic heterocycles. The minimum atomic E-state index is -3.68. The van der Waals surface area contributed by atoms with E-state index in [1.165, 1.54) is 24.3 Å². The van der Waals surface area contributed by atoms with E-state index in [2.05, 4.69) is 53.4 Å². The molecule has 2 saturated heterocycles. The molecule has 0 radical (unpaired) electrons. The van der Waals surface area contributed by atoms with Crippen LogP contribution in [0.1, 0.15) is 53.2 Å². The Kier molecular flexibility index (Phi) is 8.65. The lowest BCUT2D eigenvalue weighted by molar-refractivity contribution is 0.0594. The summed E-state index contributed by atoms with van der Waals surface area (Å²) in [5.41, 5.74) is 2.73. The largest absolute Gasteiger partial charge is 0.496 e. The Morgan fingerprint density at radius 1 is 0.744 bits per heavy atom. The zero-order valence-corrected chi connectivity index (χ0v) is 23.4. The maximum absolute atomic E-state index is 13.7. The van der Waals surface area contributed by atoms with Crippen molar-refractivity contribution in [2.45, 2.75) is 36.6 Å². The van der Waals surface area contributed by atoms with Crippen LogP contribution in [0.2, 0.25) is 0 Å². The number of carbonyl (C=O) groups excluding carboxylic acids is 1. The van der Waals surface area contributed by atoms with Gasteiger partial charge in [0.05, 0.1) is 23.6 Å². The zero-order chi connectivity index (χ0) is 27.2. The highest BCUT2D eigenvalue weighted by molar-refractivity contribution is 7.89. The highest BCUT2D eigenvalue weighted by Gasteiger charge is 2.31. The number of ether oxygens (including phenoxy) is 1. The van der Waals surface area contributed by atoms with Gasteiger partial charge < -0.3 is 9.64 Å². The SMILES string of the molecule is COc1ccc(S(=O)(=O)N2CCCCCC2)cc1C(=O)N1CCN(C(c2ccccc2)c2ccccc2)CC1. The van der Waals surface area contributed by atoms with E-state index in [0.29, 0.717) is 50.6 Å². The van der Waals surface area contributed by atoms with Crippen LogP contribution in [0.15, 0.2) is 83.8 Å². The summed E-state index contributed by atoms with van der Waals surface area (Å²) in [5, 5.41) is 0. The fraction of sp³-hybridized carbons (Fsp3) is 0.387. The second-order valence-electron chi connectivity index (χ2n) is 10.2. The molecule has 0 aliphatic carbocycles. The first-order valence-corrected chi connectivity index (χ1v) is 15.2. The maximum Gasteiger partial charge on any atom is 0.257 e. The minimum absolute atomic E-state index is 0.0984. The predicted molar refractivity (Wildman–Crippen MR) is 152 cm³/mol. The van der Waals surface area contributed by atoms with Gasteiger partial charge in [-0.3, -0.25) is 9.69 Å². The standard InChI is InChI=1S/C31H37N3O4S/c1-38-29-17-16-27(39(36,37)34-18-10-2-3-11-19-34)24-28(29)31(35)33-22-20-32(21-23-33)30(25-12-6-4-7-13-25)26-14-8-5-9-15-26/h4-9,12-17,24,30H,2-3,10-11,18-23H2,1H3. The average Bonchev–Trinajstić information content (AvgIpc) is 3.29. The number of sulfonamides is 1. The van der Waals surface area contributed by atoms with Gasteiger partial charge in [-0.1, -0.05) is 73.5 Å². The van der Waals surface area contributed by atoms with Gasteiger partial charge in [0, 0.05) is 39.3 Å². The number of piperazine rings is 1. The minimum Gasteiger partial charge on any atom is -0.496 e. The Bertz CT molecular complexity index is 1310. The van der Waals surface area contributed by atoms with Crippen molar-refractivity contribution >= 4 is 15.9 Å². The summed E-state index contributed by atoms with van der Waals surface area (Å²) in [4.78, 5) is 18.1. The highest BCUT2D eigenvalue weighted by atomic mass is 32.2. The Labute approximate surface area is 232 Å². The van der Waals surface area contributed by atoms with Crippen LogP contribution in [-0.2, 0) is 10.0 Å². The summed E-state index contributed by atoms with van der Waals surface area (Å²) in [6.45, 7) is 3.53. The molecule has 2 aliphatic rings. The number of carbonyl (C=O) groups is 1. The van der Waals surface area contributed by atoms with Crippen LogP contribution >= 0.6 is 0 Å². The molecule has 39 heavy (non-hydrogen) atoms. The molecule has 0 N–H and O–H groups in total. The van der Waals surface area contributed by atoms with Crippen molar-refractivity contribution < 1.29 is 17.9 Å². The summed E-state index contributed by atoms with van der Waals surface area (Å²) in [6.07, 6.45) is 3.80. The van der Waals surface area contributed by atoms with Gasteiger partial charge in [0.2, 0.25) is 10.0 Å². The molecule has 206 valence electrons. The van der Waals surface area contributed by atoms with Crippen LogP contribution in [0.25, 0.3) is 0 Å². The fourth-order valence-corrected chi connectivity index (χ4v) is 7.23. The third kappa shape index (κ3) is 6.03. The van der Waals surface area contributed by atoms with Crippen LogP contribution in [-0.4, -0.2) is 74.8 Å². The molecule has 0 unspecified atom stereocenters. The van der Waals surface area contributed by atoms with E-state index < -0.39 is 10.0 Å². The molecule has 2 fully saturated rings. The molecule has 0 atom stereocenters. The molecule has 3 aromatic carbocycles. The number of nitrogens with zero attached hydrogens (tertiary/aromatic N) is 3. The van der Waals surface area contributed by atoms with Crippen LogP contribution < -0.4 is 4.74 Å². The van der Waals surface area contributed by atoms with E-state index in [-0.39, 0.29) is 16.8 Å². The number of benzene rings is 3. The van der Waals surface area contributed by atoms with Crippen molar-refractivity contribution in [2.75, 3.05) is 46.4 Å². The summed E-state index contributed by atoms with van der Waals surface area (Å²) in [6, 6.07) is 25.6. The molecular weight excluding hydrogens is 510 g/mol. The third-order valence-electron chi connectivity index (χ3n) is 7.80. The number of hydrogen-bond acceptors (Lipinski definition) is 5. The van der Waals surface area contributed by atoms with E-state index in [1.807, 2.05) is 17.0 Å². The second kappa shape index (κ2) is 12.3. The van der Waals surface area contributed by atoms with Gasteiger partial charge in [-0.2, -0.15) is 4.31 Å². The average molecular weight is 548 g/mol. The van der Waals surface area contributed by atoms with E-state index in [9.17, 15) is 13.2 Å². The predicted octanol–water partition coefficient (Wildman–Crippen LogP) is 4.81. The lowest BCUT2D eigenvalue weighted by atomic mass is 9.96. The normalized spacial score (nSPS) is 17.6. The van der Waals surface area contributed by atoms with Gasteiger partial charge in [0.1, 0.15) is 5.75 Å². The van der Waals surface area contributed by atoms with Gasteiger partial charge in [0.15, 0.2) is 0 Å². The maximum atomic E-state index is 13.7. The Hall–Kier alpha value is -3.20. The van der Waals surface area contributed by atoms with E-state index in [0.717, 1.165) is 25.7 Å². The smallest absolute Gasteiger partial charge is 0.257 e. The number of rotatable bonds is 7. The van der Waals surface area contributed by atoms with Crippen LogP contribution in [0.3, 0.4) is 0 Å². The fourth-order valence-electron chi connectivity index (χ4n) is 5.68. The summed E-state index contributed by atoms with van der Waals surface area (Å²) < 4.78 is 33.9. The molecular formula is C31H37N3O4S. The molecule has 0 spiro atoms. The van der Waals surface area contributed by atoms with E-state index in [4.69, 9.17) is 4.74 Å².